The average molecular weight is 244 g/mol. The minimum absolute atomic E-state index is 0.533. The van der Waals surface area contributed by atoms with E-state index in [4.69, 9.17) is 5.73 Å². The van der Waals surface area contributed by atoms with Crippen LogP contribution in [0, 0.1) is 5.41 Å². The Morgan fingerprint density at radius 1 is 1.11 bits per heavy atom. The van der Waals surface area contributed by atoms with Crippen LogP contribution in [-0.2, 0) is 0 Å². The first kappa shape index (κ1) is 12.0. The number of nitrogens with two attached hydrogens (primary N) is 1. The Kier molecular flexibility index (Phi) is 3.06. The van der Waals surface area contributed by atoms with Gasteiger partial charge in [0, 0.05) is 18.3 Å². The third kappa shape index (κ3) is 2.14. The third-order valence-corrected chi connectivity index (χ3v) is 5.10. The fourth-order valence-corrected chi connectivity index (χ4v) is 3.82. The molecule has 1 saturated heterocycles. The highest BCUT2D eigenvalue weighted by atomic mass is 15.2. The van der Waals surface area contributed by atoms with E-state index in [1.165, 1.54) is 50.8 Å². The zero-order chi connectivity index (χ0) is 12.6. The van der Waals surface area contributed by atoms with Crippen LogP contribution in [0.4, 0.5) is 5.69 Å². The molecule has 98 valence electrons. The van der Waals surface area contributed by atoms with Crippen molar-refractivity contribution in [1.82, 2.24) is 4.90 Å². The number of likely N-dealkylation sites (tertiary alicyclic amines) is 1. The number of benzene rings is 1. The van der Waals surface area contributed by atoms with Crippen LogP contribution in [0.1, 0.15) is 50.6 Å². The summed E-state index contributed by atoms with van der Waals surface area (Å²) in [4.78, 5) is 2.66. The summed E-state index contributed by atoms with van der Waals surface area (Å²) >= 11 is 0. The van der Waals surface area contributed by atoms with Gasteiger partial charge in [-0.15, -0.1) is 0 Å². The molecule has 0 bridgehead atoms. The molecule has 1 unspecified atom stereocenters. The average Bonchev–Trinajstić information content (AvgIpc) is 3.01. The molecule has 1 heterocycles. The first-order valence-electron chi connectivity index (χ1n) is 7.28. The number of nitrogens with zero attached hydrogens (tertiary/aromatic N) is 1. The molecule has 0 aromatic heterocycles. The van der Waals surface area contributed by atoms with Crippen LogP contribution in [0.5, 0.6) is 0 Å². The standard InChI is InChI=1S/C16H24N2/c1-13(14-4-6-15(17)7-5-14)18-11-10-16(12-18)8-2-3-9-16/h4-7,13H,2-3,8-12,17H2,1H3. The minimum Gasteiger partial charge on any atom is -0.399 e. The van der Waals surface area contributed by atoms with Gasteiger partial charge in [-0.3, -0.25) is 4.90 Å². The van der Waals surface area contributed by atoms with E-state index < -0.39 is 0 Å². The van der Waals surface area contributed by atoms with Crippen molar-refractivity contribution in [2.45, 2.75) is 45.1 Å². The maximum absolute atomic E-state index is 5.76. The van der Waals surface area contributed by atoms with Gasteiger partial charge < -0.3 is 5.73 Å². The second kappa shape index (κ2) is 4.58. The van der Waals surface area contributed by atoms with Crippen molar-refractivity contribution in [1.29, 1.82) is 0 Å². The van der Waals surface area contributed by atoms with Gasteiger partial charge in [-0.05, 0) is 55.8 Å². The van der Waals surface area contributed by atoms with Crippen LogP contribution < -0.4 is 5.73 Å². The molecule has 2 aliphatic rings. The van der Waals surface area contributed by atoms with E-state index >= 15 is 0 Å². The molecule has 1 aliphatic carbocycles. The van der Waals surface area contributed by atoms with Crippen LogP contribution in [0.25, 0.3) is 0 Å². The Bertz CT molecular complexity index is 404. The lowest BCUT2D eigenvalue weighted by Crippen LogP contribution is -2.27. The first-order valence-corrected chi connectivity index (χ1v) is 7.28. The quantitative estimate of drug-likeness (QED) is 0.805. The zero-order valence-corrected chi connectivity index (χ0v) is 11.4. The predicted molar refractivity (Wildman–Crippen MR) is 76.4 cm³/mol. The summed E-state index contributed by atoms with van der Waals surface area (Å²) in [5.41, 5.74) is 8.69. The van der Waals surface area contributed by atoms with Gasteiger partial charge in [-0.2, -0.15) is 0 Å². The molecule has 2 nitrogen and oxygen atoms in total. The molecular weight excluding hydrogens is 220 g/mol. The van der Waals surface area contributed by atoms with Gasteiger partial charge in [0.25, 0.3) is 0 Å². The molecule has 18 heavy (non-hydrogen) atoms. The fraction of sp³-hybridized carbons (Fsp3) is 0.625. The van der Waals surface area contributed by atoms with E-state index in [1.54, 1.807) is 0 Å². The molecule has 1 aliphatic heterocycles. The lowest BCUT2D eigenvalue weighted by atomic mass is 9.85. The SMILES string of the molecule is CC(c1ccc(N)cc1)N1CCC2(CCCC2)C1. The third-order valence-electron chi connectivity index (χ3n) is 5.10. The summed E-state index contributed by atoms with van der Waals surface area (Å²) in [6.45, 7) is 4.91. The number of rotatable bonds is 2. The van der Waals surface area contributed by atoms with E-state index in [2.05, 4.69) is 24.0 Å². The maximum atomic E-state index is 5.76. The zero-order valence-electron chi connectivity index (χ0n) is 11.4. The van der Waals surface area contributed by atoms with Crippen LogP contribution in [-0.4, -0.2) is 18.0 Å². The van der Waals surface area contributed by atoms with Crippen LogP contribution in [0.3, 0.4) is 0 Å². The van der Waals surface area contributed by atoms with Crippen LogP contribution in [0.2, 0.25) is 0 Å². The molecule has 3 rings (SSSR count). The van der Waals surface area contributed by atoms with E-state index in [0.29, 0.717) is 11.5 Å². The number of hydrogen-bond acceptors (Lipinski definition) is 2. The molecule has 0 amide bonds. The van der Waals surface area contributed by atoms with Gasteiger partial charge in [-0.1, -0.05) is 25.0 Å². The van der Waals surface area contributed by atoms with E-state index in [1.807, 2.05) is 12.1 Å². The summed E-state index contributed by atoms with van der Waals surface area (Å²) in [5.74, 6) is 0. The second-order valence-corrected chi connectivity index (χ2v) is 6.27. The summed E-state index contributed by atoms with van der Waals surface area (Å²) in [6, 6.07) is 8.94. The predicted octanol–water partition coefficient (Wildman–Crippen LogP) is 3.60. The molecule has 0 radical (unpaired) electrons. The summed E-state index contributed by atoms with van der Waals surface area (Å²) in [5, 5.41) is 0. The number of nitrogen functional groups attached to an aromatic ring is 1. The summed E-state index contributed by atoms with van der Waals surface area (Å²) in [6.07, 6.45) is 7.22. The van der Waals surface area contributed by atoms with E-state index in [0.717, 1.165) is 5.69 Å². The Morgan fingerprint density at radius 2 is 1.78 bits per heavy atom. The van der Waals surface area contributed by atoms with Crippen molar-refractivity contribution in [2.24, 2.45) is 5.41 Å². The number of hydrogen-bond donors (Lipinski definition) is 1. The second-order valence-electron chi connectivity index (χ2n) is 6.27. The first-order chi connectivity index (χ1) is 8.69. The van der Waals surface area contributed by atoms with Crippen molar-refractivity contribution in [3.05, 3.63) is 29.8 Å². The normalized spacial score (nSPS) is 24.7. The fourth-order valence-electron chi connectivity index (χ4n) is 3.82. The van der Waals surface area contributed by atoms with Crippen LogP contribution >= 0.6 is 0 Å². The maximum Gasteiger partial charge on any atom is 0.0320 e. The van der Waals surface area contributed by atoms with Gasteiger partial charge in [0.2, 0.25) is 0 Å². The number of anilines is 1. The molecule has 1 saturated carbocycles. The summed E-state index contributed by atoms with van der Waals surface area (Å²) in [7, 11) is 0. The molecule has 2 heteroatoms. The molecule has 1 aromatic carbocycles. The van der Waals surface area contributed by atoms with Crippen LogP contribution in [0.15, 0.2) is 24.3 Å². The largest absolute Gasteiger partial charge is 0.399 e. The van der Waals surface area contributed by atoms with Gasteiger partial charge in [-0.25, -0.2) is 0 Å². The minimum atomic E-state index is 0.533. The highest BCUT2D eigenvalue weighted by Crippen LogP contribution is 2.47. The lowest BCUT2D eigenvalue weighted by molar-refractivity contribution is 0.216. The van der Waals surface area contributed by atoms with Gasteiger partial charge in [0.05, 0.1) is 0 Å². The highest BCUT2D eigenvalue weighted by Gasteiger charge is 2.41. The Balaban J connectivity index is 1.70. The summed E-state index contributed by atoms with van der Waals surface area (Å²) < 4.78 is 0. The Labute approximate surface area is 110 Å². The lowest BCUT2D eigenvalue weighted by Gasteiger charge is -2.28. The van der Waals surface area contributed by atoms with Crippen molar-refractivity contribution in [2.75, 3.05) is 18.8 Å². The van der Waals surface area contributed by atoms with Gasteiger partial charge >= 0.3 is 0 Å². The van der Waals surface area contributed by atoms with Crippen molar-refractivity contribution >= 4 is 5.69 Å². The Morgan fingerprint density at radius 3 is 2.44 bits per heavy atom. The molecule has 1 atom stereocenters. The van der Waals surface area contributed by atoms with E-state index in [-0.39, 0.29) is 0 Å². The Hall–Kier alpha value is -1.02. The molecule has 1 spiro atoms. The molecule has 2 fully saturated rings. The van der Waals surface area contributed by atoms with Gasteiger partial charge in [0.1, 0.15) is 0 Å². The van der Waals surface area contributed by atoms with Crippen molar-refractivity contribution < 1.29 is 0 Å². The highest BCUT2D eigenvalue weighted by molar-refractivity contribution is 5.40. The molecule has 2 N–H and O–H groups in total. The van der Waals surface area contributed by atoms with E-state index in [9.17, 15) is 0 Å². The van der Waals surface area contributed by atoms with Gasteiger partial charge in [0.15, 0.2) is 0 Å². The molecular formula is C16H24N2. The van der Waals surface area contributed by atoms with Crippen molar-refractivity contribution in [3.8, 4) is 0 Å². The monoisotopic (exact) mass is 244 g/mol. The molecule has 1 aromatic rings. The van der Waals surface area contributed by atoms with Crippen molar-refractivity contribution in [3.63, 3.8) is 0 Å². The topological polar surface area (TPSA) is 29.3 Å². The smallest absolute Gasteiger partial charge is 0.0320 e.